The molecule has 124 valence electrons. The lowest BCUT2D eigenvalue weighted by molar-refractivity contribution is 0.207. The number of hydrogen-bond acceptors (Lipinski definition) is 4. The van der Waals surface area contributed by atoms with Crippen LogP contribution in [0.4, 0.5) is 10.5 Å². The van der Waals surface area contributed by atoms with Crippen molar-refractivity contribution in [2.45, 2.75) is 33.4 Å². The van der Waals surface area contributed by atoms with Gasteiger partial charge in [0.1, 0.15) is 0 Å². The van der Waals surface area contributed by atoms with E-state index in [2.05, 4.69) is 22.5 Å². The lowest BCUT2D eigenvalue weighted by Gasteiger charge is -2.17. The molecule has 0 saturated heterocycles. The molecule has 5 nitrogen and oxygen atoms in total. The van der Waals surface area contributed by atoms with Crippen LogP contribution in [-0.2, 0) is 13.1 Å². The van der Waals surface area contributed by atoms with Crippen LogP contribution in [0.5, 0.6) is 0 Å². The van der Waals surface area contributed by atoms with E-state index in [1.165, 1.54) is 0 Å². The molecule has 1 aromatic carbocycles. The van der Waals surface area contributed by atoms with Gasteiger partial charge >= 0.3 is 6.03 Å². The Balaban J connectivity index is 1.80. The minimum absolute atomic E-state index is 0.0778. The van der Waals surface area contributed by atoms with E-state index in [9.17, 15) is 4.79 Å². The summed E-state index contributed by atoms with van der Waals surface area (Å²) < 4.78 is 0. The van der Waals surface area contributed by atoms with Crippen molar-refractivity contribution in [2.75, 3.05) is 18.9 Å². The second kappa shape index (κ2) is 8.53. The normalized spacial score (nSPS) is 10.4. The zero-order chi connectivity index (χ0) is 16.7. The van der Waals surface area contributed by atoms with Crippen molar-refractivity contribution in [3.8, 4) is 0 Å². The fourth-order valence-corrected chi connectivity index (χ4v) is 2.92. The van der Waals surface area contributed by atoms with Gasteiger partial charge in [0.05, 0.1) is 17.7 Å². The Morgan fingerprint density at radius 3 is 2.65 bits per heavy atom. The zero-order valence-corrected chi connectivity index (χ0v) is 14.7. The summed E-state index contributed by atoms with van der Waals surface area (Å²) in [6, 6.07) is 8.08. The topological polar surface area (TPSA) is 57.3 Å². The number of anilines is 1. The average Bonchev–Trinajstić information content (AvgIpc) is 2.96. The Morgan fingerprint density at radius 1 is 1.30 bits per heavy atom. The molecule has 0 unspecified atom stereocenters. The number of aryl methyl sites for hydroxylation is 1. The molecular weight excluding hydrogens is 308 g/mol. The predicted molar refractivity (Wildman–Crippen MR) is 95.8 cm³/mol. The highest BCUT2D eigenvalue weighted by atomic mass is 32.1. The van der Waals surface area contributed by atoms with E-state index >= 15 is 0 Å². The Labute approximate surface area is 141 Å². The van der Waals surface area contributed by atoms with Gasteiger partial charge in [-0.1, -0.05) is 19.1 Å². The fourth-order valence-electron chi connectivity index (χ4n) is 2.09. The Kier molecular flexibility index (Phi) is 6.40. The number of hydrogen-bond donors (Lipinski definition) is 2. The minimum atomic E-state index is -0.0778. The quantitative estimate of drug-likeness (QED) is 0.814. The highest BCUT2D eigenvalue weighted by Gasteiger charge is 2.11. The third kappa shape index (κ3) is 5.25. The molecule has 23 heavy (non-hydrogen) atoms. The molecule has 0 spiro atoms. The van der Waals surface area contributed by atoms with Crippen molar-refractivity contribution in [1.82, 2.24) is 15.2 Å². The lowest BCUT2D eigenvalue weighted by Crippen LogP contribution is -2.36. The molecule has 1 heterocycles. The first-order valence-corrected chi connectivity index (χ1v) is 8.69. The number of thiazole rings is 1. The number of nitrogens with zero attached hydrogens (tertiary/aromatic N) is 2. The van der Waals surface area contributed by atoms with Gasteiger partial charge in [-0.2, -0.15) is 0 Å². The standard InChI is InChI=1S/C17H24N4OS/c1-4-9-18-15-7-5-14(6-8-15)10-19-17(22)21(3)11-16-13(2)20-12-23-16/h5-8,12,18H,4,9-11H2,1-3H3,(H,19,22). The molecule has 2 rings (SSSR count). The van der Waals surface area contributed by atoms with Crippen molar-refractivity contribution < 1.29 is 4.79 Å². The number of amides is 2. The van der Waals surface area contributed by atoms with Crippen molar-refractivity contribution in [1.29, 1.82) is 0 Å². The highest BCUT2D eigenvalue weighted by molar-refractivity contribution is 7.09. The second-order valence-corrected chi connectivity index (χ2v) is 6.44. The fraction of sp³-hybridized carbons (Fsp3) is 0.412. The number of aromatic nitrogens is 1. The molecule has 0 aliphatic heterocycles. The number of carbonyl (C=O) groups is 1. The molecule has 0 atom stereocenters. The van der Waals surface area contributed by atoms with Gasteiger partial charge in [0.25, 0.3) is 0 Å². The monoisotopic (exact) mass is 332 g/mol. The maximum absolute atomic E-state index is 12.1. The molecule has 0 radical (unpaired) electrons. The zero-order valence-electron chi connectivity index (χ0n) is 13.9. The molecule has 2 N–H and O–H groups in total. The maximum Gasteiger partial charge on any atom is 0.317 e. The summed E-state index contributed by atoms with van der Waals surface area (Å²) in [5.41, 5.74) is 5.00. The van der Waals surface area contributed by atoms with Crippen LogP contribution in [0.2, 0.25) is 0 Å². The van der Waals surface area contributed by atoms with E-state index in [0.29, 0.717) is 13.1 Å². The molecule has 0 aliphatic carbocycles. The van der Waals surface area contributed by atoms with Crippen LogP contribution >= 0.6 is 11.3 Å². The van der Waals surface area contributed by atoms with Gasteiger partial charge in [-0.25, -0.2) is 9.78 Å². The van der Waals surface area contributed by atoms with E-state index in [0.717, 1.165) is 34.8 Å². The van der Waals surface area contributed by atoms with E-state index in [4.69, 9.17) is 0 Å². The van der Waals surface area contributed by atoms with Crippen molar-refractivity contribution in [2.24, 2.45) is 0 Å². The third-order valence-electron chi connectivity index (χ3n) is 3.55. The van der Waals surface area contributed by atoms with Crippen LogP contribution < -0.4 is 10.6 Å². The van der Waals surface area contributed by atoms with E-state index in [1.807, 2.05) is 36.7 Å². The van der Waals surface area contributed by atoms with E-state index in [1.54, 1.807) is 23.3 Å². The van der Waals surface area contributed by atoms with Crippen LogP contribution in [-0.4, -0.2) is 29.5 Å². The third-order valence-corrected chi connectivity index (χ3v) is 4.47. The first kappa shape index (κ1) is 17.3. The summed E-state index contributed by atoms with van der Waals surface area (Å²) in [5.74, 6) is 0. The molecule has 1 aromatic heterocycles. The first-order valence-electron chi connectivity index (χ1n) is 7.81. The van der Waals surface area contributed by atoms with Gasteiger partial charge in [-0.3, -0.25) is 0 Å². The smallest absolute Gasteiger partial charge is 0.317 e. The van der Waals surface area contributed by atoms with Crippen molar-refractivity contribution in [3.63, 3.8) is 0 Å². The van der Waals surface area contributed by atoms with Gasteiger partial charge in [0.2, 0.25) is 0 Å². The molecular formula is C17H24N4OS. The number of urea groups is 1. The predicted octanol–water partition coefficient (Wildman–Crippen LogP) is 3.62. The number of carbonyl (C=O) groups excluding carboxylic acids is 1. The van der Waals surface area contributed by atoms with E-state index < -0.39 is 0 Å². The molecule has 0 fully saturated rings. The molecule has 6 heteroatoms. The lowest BCUT2D eigenvalue weighted by atomic mass is 10.2. The average molecular weight is 332 g/mol. The SMILES string of the molecule is CCCNc1ccc(CNC(=O)N(C)Cc2scnc2C)cc1. The summed E-state index contributed by atoms with van der Waals surface area (Å²) >= 11 is 1.58. The van der Waals surface area contributed by atoms with Crippen LogP contribution in [0.3, 0.4) is 0 Å². The van der Waals surface area contributed by atoms with Gasteiger partial charge in [0, 0.05) is 30.7 Å². The Bertz CT molecular complexity index is 624. The van der Waals surface area contributed by atoms with E-state index in [-0.39, 0.29) is 6.03 Å². The minimum Gasteiger partial charge on any atom is -0.385 e. The van der Waals surface area contributed by atoms with Gasteiger partial charge in [-0.05, 0) is 31.0 Å². The van der Waals surface area contributed by atoms with Gasteiger partial charge in [-0.15, -0.1) is 11.3 Å². The summed E-state index contributed by atoms with van der Waals surface area (Å²) in [6.45, 7) is 6.19. The molecule has 0 bridgehead atoms. The van der Waals surface area contributed by atoms with Gasteiger partial charge < -0.3 is 15.5 Å². The number of rotatable bonds is 7. The summed E-state index contributed by atoms with van der Waals surface area (Å²) in [5, 5.41) is 6.28. The molecule has 0 aliphatic rings. The van der Waals surface area contributed by atoms with Crippen molar-refractivity contribution in [3.05, 3.63) is 45.9 Å². The first-order chi connectivity index (χ1) is 11.1. The van der Waals surface area contributed by atoms with Crippen molar-refractivity contribution >= 4 is 23.1 Å². The maximum atomic E-state index is 12.1. The van der Waals surface area contributed by atoms with Crippen LogP contribution in [0.15, 0.2) is 29.8 Å². The summed E-state index contributed by atoms with van der Waals surface area (Å²) in [6.07, 6.45) is 1.10. The summed E-state index contributed by atoms with van der Waals surface area (Å²) in [7, 11) is 1.80. The summed E-state index contributed by atoms with van der Waals surface area (Å²) in [4.78, 5) is 19.2. The Hall–Kier alpha value is -2.08. The molecule has 2 amide bonds. The number of benzene rings is 1. The van der Waals surface area contributed by atoms with Crippen LogP contribution in [0.1, 0.15) is 29.5 Å². The largest absolute Gasteiger partial charge is 0.385 e. The van der Waals surface area contributed by atoms with Crippen LogP contribution in [0, 0.1) is 6.92 Å². The van der Waals surface area contributed by atoms with Crippen LogP contribution in [0.25, 0.3) is 0 Å². The number of nitrogens with one attached hydrogen (secondary N) is 2. The Morgan fingerprint density at radius 2 is 2.04 bits per heavy atom. The molecule has 2 aromatic rings. The highest BCUT2D eigenvalue weighted by Crippen LogP contribution is 2.14. The molecule has 0 saturated carbocycles. The van der Waals surface area contributed by atoms with Gasteiger partial charge in [0.15, 0.2) is 0 Å². The second-order valence-electron chi connectivity index (χ2n) is 5.50.